The van der Waals surface area contributed by atoms with Gasteiger partial charge in [-0.25, -0.2) is 0 Å². The van der Waals surface area contributed by atoms with Gasteiger partial charge in [-0.2, -0.15) is 0 Å². The molecule has 0 aliphatic rings. The smallest absolute Gasteiger partial charge is 0.0693 e. The van der Waals surface area contributed by atoms with Crippen molar-refractivity contribution < 1.29 is 0 Å². The van der Waals surface area contributed by atoms with Crippen LogP contribution in [0.25, 0.3) is 0 Å². The van der Waals surface area contributed by atoms with Crippen LogP contribution in [-0.2, 0) is 6.42 Å². The number of rotatable bonds is 5. The Hall–Kier alpha value is -0.440. The fourth-order valence-electron chi connectivity index (χ4n) is 1.61. The van der Waals surface area contributed by atoms with Crippen LogP contribution in [0.3, 0.4) is 0 Å². The van der Waals surface area contributed by atoms with E-state index >= 15 is 0 Å². The SMILES string of the molecule is CCN(CC)CCc1cc(Cl)c(N)c(Cl)c1. The number of hydrogen-bond donors (Lipinski definition) is 1. The van der Waals surface area contributed by atoms with Crippen molar-refractivity contribution in [3.63, 3.8) is 0 Å². The van der Waals surface area contributed by atoms with Crippen molar-refractivity contribution in [1.82, 2.24) is 4.90 Å². The molecule has 0 spiro atoms. The van der Waals surface area contributed by atoms with E-state index in [1.54, 1.807) is 0 Å². The summed E-state index contributed by atoms with van der Waals surface area (Å²) in [5.41, 5.74) is 7.29. The lowest BCUT2D eigenvalue weighted by atomic mass is 10.1. The quantitative estimate of drug-likeness (QED) is 0.822. The maximum Gasteiger partial charge on any atom is 0.0693 e. The Labute approximate surface area is 107 Å². The van der Waals surface area contributed by atoms with E-state index in [9.17, 15) is 0 Å². The number of nitrogens with two attached hydrogens (primary N) is 1. The highest BCUT2D eigenvalue weighted by Gasteiger charge is 2.06. The highest BCUT2D eigenvalue weighted by atomic mass is 35.5. The van der Waals surface area contributed by atoms with Crippen LogP contribution in [0.15, 0.2) is 12.1 Å². The van der Waals surface area contributed by atoms with Gasteiger partial charge in [0.1, 0.15) is 0 Å². The number of halogens is 2. The van der Waals surface area contributed by atoms with Gasteiger partial charge in [-0.15, -0.1) is 0 Å². The third-order valence-electron chi connectivity index (χ3n) is 2.75. The second kappa shape index (κ2) is 6.33. The molecule has 0 heterocycles. The minimum absolute atomic E-state index is 0.468. The molecule has 0 bridgehead atoms. The minimum atomic E-state index is 0.468. The fourth-order valence-corrected chi connectivity index (χ4v) is 2.14. The number of nitrogen functional groups attached to an aromatic ring is 1. The summed E-state index contributed by atoms with van der Waals surface area (Å²) in [6.45, 7) is 7.46. The summed E-state index contributed by atoms with van der Waals surface area (Å²) in [6, 6.07) is 3.79. The van der Waals surface area contributed by atoms with Crippen LogP contribution in [0.2, 0.25) is 10.0 Å². The molecule has 90 valence electrons. The predicted molar refractivity (Wildman–Crippen MR) is 72.4 cm³/mol. The van der Waals surface area contributed by atoms with Crippen molar-refractivity contribution in [2.24, 2.45) is 0 Å². The summed E-state index contributed by atoms with van der Waals surface area (Å²) in [4.78, 5) is 2.36. The third-order valence-corrected chi connectivity index (χ3v) is 3.38. The first-order chi connectivity index (χ1) is 7.58. The molecular formula is C12H18Cl2N2. The molecule has 16 heavy (non-hydrogen) atoms. The highest BCUT2D eigenvalue weighted by molar-refractivity contribution is 6.38. The Morgan fingerprint density at radius 3 is 2.06 bits per heavy atom. The average Bonchev–Trinajstić information content (AvgIpc) is 2.27. The van der Waals surface area contributed by atoms with Gasteiger partial charge < -0.3 is 10.6 Å². The lowest BCUT2D eigenvalue weighted by molar-refractivity contribution is 0.308. The van der Waals surface area contributed by atoms with E-state index in [0.717, 1.165) is 31.6 Å². The molecule has 1 aromatic carbocycles. The Morgan fingerprint density at radius 2 is 1.62 bits per heavy atom. The second-order valence-electron chi connectivity index (χ2n) is 3.75. The maximum absolute atomic E-state index is 5.98. The Bertz CT molecular complexity index is 326. The first-order valence-corrected chi connectivity index (χ1v) is 6.29. The van der Waals surface area contributed by atoms with E-state index < -0.39 is 0 Å². The van der Waals surface area contributed by atoms with Gasteiger partial charge in [-0.3, -0.25) is 0 Å². The van der Waals surface area contributed by atoms with E-state index in [0.29, 0.717) is 15.7 Å². The zero-order valence-corrected chi connectivity index (χ0v) is 11.3. The lowest BCUT2D eigenvalue weighted by Crippen LogP contribution is -2.25. The average molecular weight is 261 g/mol. The summed E-state index contributed by atoms with van der Waals surface area (Å²) < 4.78 is 0. The molecule has 0 saturated carbocycles. The summed E-state index contributed by atoms with van der Waals surface area (Å²) in [7, 11) is 0. The lowest BCUT2D eigenvalue weighted by Gasteiger charge is -2.18. The molecule has 0 amide bonds. The van der Waals surface area contributed by atoms with Gasteiger partial charge in [0.25, 0.3) is 0 Å². The zero-order chi connectivity index (χ0) is 12.1. The first-order valence-electron chi connectivity index (χ1n) is 5.54. The number of nitrogens with zero attached hydrogens (tertiary/aromatic N) is 1. The van der Waals surface area contributed by atoms with Crippen LogP contribution in [-0.4, -0.2) is 24.5 Å². The number of hydrogen-bond acceptors (Lipinski definition) is 2. The van der Waals surface area contributed by atoms with Crippen molar-refractivity contribution in [2.75, 3.05) is 25.4 Å². The molecule has 2 N–H and O–H groups in total. The molecule has 0 saturated heterocycles. The molecule has 0 fully saturated rings. The Balaban J connectivity index is 2.68. The predicted octanol–water partition coefficient (Wildman–Crippen LogP) is 3.46. The first kappa shape index (κ1) is 13.6. The molecular weight excluding hydrogens is 243 g/mol. The van der Waals surface area contributed by atoms with Gasteiger partial charge >= 0.3 is 0 Å². The molecule has 0 atom stereocenters. The molecule has 4 heteroatoms. The molecule has 2 nitrogen and oxygen atoms in total. The van der Waals surface area contributed by atoms with E-state index in [2.05, 4.69) is 18.7 Å². The molecule has 1 aromatic rings. The van der Waals surface area contributed by atoms with Crippen molar-refractivity contribution >= 4 is 28.9 Å². The number of benzene rings is 1. The van der Waals surface area contributed by atoms with Gasteiger partial charge in [0.2, 0.25) is 0 Å². The standard InChI is InChI=1S/C12H18Cl2N2/c1-3-16(4-2)6-5-9-7-10(13)12(15)11(14)8-9/h7-8H,3-6,15H2,1-2H3. The van der Waals surface area contributed by atoms with E-state index in [4.69, 9.17) is 28.9 Å². The van der Waals surface area contributed by atoms with E-state index in [1.807, 2.05) is 12.1 Å². The van der Waals surface area contributed by atoms with Crippen molar-refractivity contribution in [3.05, 3.63) is 27.7 Å². The van der Waals surface area contributed by atoms with E-state index in [1.165, 1.54) is 0 Å². The molecule has 0 aliphatic heterocycles. The number of anilines is 1. The highest BCUT2D eigenvalue weighted by Crippen LogP contribution is 2.28. The monoisotopic (exact) mass is 260 g/mol. The largest absolute Gasteiger partial charge is 0.396 e. The van der Waals surface area contributed by atoms with Gasteiger partial charge in [-0.05, 0) is 37.2 Å². The van der Waals surface area contributed by atoms with Crippen molar-refractivity contribution in [1.29, 1.82) is 0 Å². The zero-order valence-electron chi connectivity index (χ0n) is 9.76. The Kier molecular flexibility index (Phi) is 5.39. The molecule has 0 radical (unpaired) electrons. The van der Waals surface area contributed by atoms with Crippen LogP contribution < -0.4 is 5.73 Å². The van der Waals surface area contributed by atoms with Gasteiger partial charge in [0.15, 0.2) is 0 Å². The van der Waals surface area contributed by atoms with Crippen LogP contribution >= 0.6 is 23.2 Å². The van der Waals surface area contributed by atoms with Gasteiger partial charge in [0.05, 0.1) is 15.7 Å². The van der Waals surface area contributed by atoms with E-state index in [-0.39, 0.29) is 0 Å². The summed E-state index contributed by atoms with van der Waals surface area (Å²) in [5.74, 6) is 0. The minimum Gasteiger partial charge on any atom is -0.396 e. The summed E-state index contributed by atoms with van der Waals surface area (Å²) in [5, 5.41) is 1.09. The molecule has 1 rings (SSSR count). The van der Waals surface area contributed by atoms with Crippen LogP contribution in [0.4, 0.5) is 5.69 Å². The topological polar surface area (TPSA) is 29.3 Å². The van der Waals surface area contributed by atoms with Crippen LogP contribution in [0, 0.1) is 0 Å². The third kappa shape index (κ3) is 3.55. The fraction of sp³-hybridized carbons (Fsp3) is 0.500. The normalized spacial score (nSPS) is 11.1. The molecule has 0 unspecified atom stereocenters. The second-order valence-corrected chi connectivity index (χ2v) is 4.56. The van der Waals surface area contributed by atoms with Crippen molar-refractivity contribution in [3.8, 4) is 0 Å². The molecule has 0 aliphatic carbocycles. The maximum atomic E-state index is 5.98. The van der Waals surface area contributed by atoms with Crippen LogP contribution in [0.5, 0.6) is 0 Å². The van der Waals surface area contributed by atoms with Gasteiger partial charge in [-0.1, -0.05) is 37.0 Å². The summed E-state index contributed by atoms with van der Waals surface area (Å²) in [6.07, 6.45) is 0.946. The number of likely N-dealkylation sites (N-methyl/N-ethyl adjacent to an activating group) is 1. The van der Waals surface area contributed by atoms with Crippen molar-refractivity contribution in [2.45, 2.75) is 20.3 Å². The summed E-state index contributed by atoms with van der Waals surface area (Å²) >= 11 is 12.0. The van der Waals surface area contributed by atoms with Gasteiger partial charge in [0, 0.05) is 6.54 Å². The Morgan fingerprint density at radius 1 is 1.12 bits per heavy atom. The van der Waals surface area contributed by atoms with Crippen LogP contribution in [0.1, 0.15) is 19.4 Å². The molecule has 0 aromatic heterocycles.